The highest BCUT2D eigenvalue weighted by Crippen LogP contribution is 2.17. The number of aryl methyl sites for hydroxylation is 1. The number of hydrogen-bond donors (Lipinski definition) is 0. The molecule has 0 unspecified atom stereocenters. The molecule has 0 aliphatic rings. The molecule has 2 nitrogen and oxygen atoms in total. The molecule has 11 heavy (non-hydrogen) atoms. The lowest BCUT2D eigenvalue weighted by molar-refractivity contribution is 0.269. The summed E-state index contributed by atoms with van der Waals surface area (Å²) in [5.74, 6) is 0.569. The molecule has 1 aromatic heterocycles. The highest BCUT2D eigenvalue weighted by atomic mass is 32.1. The molecular weight excluding hydrogens is 158 g/mol. The Morgan fingerprint density at radius 1 is 1.64 bits per heavy atom. The van der Waals surface area contributed by atoms with Gasteiger partial charge >= 0.3 is 0 Å². The van der Waals surface area contributed by atoms with Crippen LogP contribution in [0.15, 0.2) is 5.38 Å². The molecule has 0 atom stereocenters. The maximum Gasteiger partial charge on any atom is 0.273 e. The van der Waals surface area contributed by atoms with E-state index in [-0.39, 0.29) is 0 Å². The lowest BCUT2D eigenvalue weighted by atomic mass is 10.2. The summed E-state index contributed by atoms with van der Waals surface area (Å²) in [6, 6.07) is 0. The summed E-state index contributed by atoms with van der Waals surface area (Å²) in [5, 5.41) is 2.78. The van der Waals surface area contributed by atoms with Gasteiger partial charge in [-0.1, -0.05) is 25.2 Å². The van der Waals surface area contributed by atoms with Crippen LogP contribution in [0.2, 0.25) is 0 Å². The fourth-order valence-corrected chi connectivity index (χ4v) is 1.29. The first kappa shape index (κ1) is 8.53. The van der Waals surface area contributed by atoms with Gasteiger partial charge in [-0.05, 0) is 12.8 Å². The van der Waals surface area contributed by atoms with E-state index in [1.807, 2.05) is 12.3 Å². The molecule has 0 aliphatic carbocycles. The number of aromatic nitrogens is 1. The quantitative estimate of drug-likeness (QED) is 0.697. The average Bonchev–Trinajstić information content (AvgIpc) is 2.31. The summed E-state index contributed by atoms with van der Waals surface area (Å²) in [6.45, 7) is 6.98. The zero-order valence-corrected chi connectivity index (χ0v) is 7.94. The summed E-state index contributed by atoms with van der Waals surface area (Å²) in [7, 11) is 0. The Kier molecular flexibility index (Phi) is 2.88. The molecule has 1 heterocycles. The van der Waals surface area contributed by atoms with Crippen molar-refractivity contribution in [2.75, 3.05) is 6.61 Å². The van der Waals surface area contributed by atoms with E-state index in [1.54, 1.807) is 11.3 Å². The van der Waals surface area contributed by atoms with Gasteiger partial charge in [0, 0.05) is 5.38 Å². The molecule has 0 radical (unpaired) electrons. The van der Waals surface area contributed by atoms with Gasteiger partial charge in [-0.15, -0.1) is 0 Å². The second-order valence-corrected chi connectivity index (χ2v) is 3.78. The van der Waals surface area contributed by atoms with E-state index in [4.69, 9.17) is 4.74 Å². The topological polar surface area (TPSA) is 22.1 Å². The van der Waals surface area contributed by atoms with Crippen molar-refractivity contribution >= 4 is 11.3 Å². The van der Waals surface area contributed by atoms with E-state index in [2.05, 4.69) is 18.8 Å². The Morgan fingerprint density at radius 3 is 2.82 bits per heavy atom. The molecule has 0 bridgehead atoms. The van der Waals surface area contributed by atoms with E-state index in [1.165, 1.54) is 0 Å². The summed E-state index contributed by atoms with van der Waals surface area (Å²) < 4.78 is 5.40. The normalized spacial score (nSPS) is 10.5. The van der Waals surface area contributed by atoms with Crippen molar-refractivity contribution in [2.24, 2.45) is 5.92 Å². The molecule has 62 valence electrons. The highest BCUT2D eigenvalue weighted by Gasteiger charge is 1.99. The summed E-state index contributed by atoms with van der Waals surface area (Å²) >= 11 is 1.56. The molecule has 0 N–H and O–H groups in total. The van der Waals surface area contributed by atoms with Crippen LogP contribution < -0.4 is 4.74 Å². The van der Waals surface area contributed by atoms with Gasteiger partial charge in [-0.25, -0.2) is 4.98 Å². The monoisotopic (exact) mass is 171 g/mol. The third kappa shape index (κ3) is 2.89. The Bertz CT molecular complexity index is 220. The van der Waals surface area contributed by atoms with Gasteiger partial charge in [0.25, 0.3) is 5.19 Å². The van der Waals surface area contributed by atoms with Gasteiger partial charge in [-0.3, -0.25) is 0 Å². The number of thiazole rings is 1. The molecule has 0 fully saturated rings. The minimum Gasteiger partial charge on any atom is -0.470 e. The summed E-state index contributed by atoms with van der Waals surface area (Å²) in [4.78, 5) is 4.18. The van der Waals surface area contributed by atoms with Crippen molar-refractivity contribution in [1.29, 1.82) is 0 Å². The first-order chi connectivity index (χ1) is 5.18. The van der Waals surface area contributed by atoms with Gasteiger partial charge in [-0.2, -0.15) is 0 Å². The van der Waals surface area contributed by atoms with Gasteiger partial charge in [0.1, 0.15) is 0 Å². The third-order valence-electron chi connectivity index (χ3n) is 1.14. The fourth-order valence-electron chi connectivity index (χ4n) is 0.637. The largest absolute Gasteiger partial charge is 0.470 e. The molecular formula is C8H13NOS. The first-order valence-electron chi connectivity index (χ1n) is 3.73. The Hall–Kier alpha value is -0.570. The van der Waals surface area contributed by atoms with Crippen molar-refractivity contribution in [1.82, 2.24) is 4.98 Å². The maximum absolute atomic E-state index is 5.40. The molecule has 3 heteroatoms. The first-order valence-corrected chi connectivity index (χ1v) is 4.61. The lowest BCUT2D eigenvalue weighted by Crippen LogP contribution is -2.03. The predicted octanol–water partition coefficient (Wildman–Crippen LogP) is 2.49. The molecule has 0 aromatic carbocycles. The van der Waals surface area contributed by atoms with Gasteiger partial charge in [0.15, 0.2) is 0 Å². The van der Waals surface area contributed by atoms with Crippen LogP contribution in [-0.2, 0) is 0 Å². The summed E-state index contributed by atoms with van der Waals surface area (Å²) in [6.07, 6.45) is 0. The van der Waals surface area contributed by atoms with Crippen LogP contribution >= 0.6 is 11.3 Å². The zero-order chi connectivity index (χ0) is 8.27. The van der Waals surface area contributed by atoms with Crippen molar-refractivity contribution in [2.45, 2.75) is 20.8 Å². The number of ether oxygens (including phenoxy) is 1. The van der Waals surface area contributed by atoms with Crippen molar-refractivity contribution < 1.29 is 4.74 Å². The molecule has 0 saturated heterocycles. The van der Waals surface area contributed by atoms with E-state index >= 15 is 0 Å². The number of nitrogens with zero attached hydrogens (tertiary/aromatic N) is 1. The van der Waals surface area contributed by atoms with Crippen LogP contribution in [0.25, 0.3) is 0 Å². The van der Waals surface area contributed by atoms with Crippen LogP contribution in [0.3, 0.4) is 0 Å². The van der Waals surface area contributed by atoms with Gasteiger partial charge in [0.2, 0.25) is 0 Å². The molecule has 0 spiro atoms. The third-order valence-corrected chi connectivity index (χ3v) is 2.01. The van der Waals surface area contributed by atoms with Crippen LogP contribution in [0.4, 0.5) is 0 Å². The van der Waals surface area contributed by atoms with Crippen LogP contribution in [0, 0.1) is 12.8 Å². The van der Waals surface area contributed by atoms with Crippen LogP contribution in [0.5, 0.6) is 5.19 Å². The SMILES string of the molecule is Cc1csc(OCC(C)C)n1. The molecule has 1 aromatic rings. The standard InChI is InChI=1S/C8H13NOS/c1-6(2)4-10-8-9-7(3)5-11-8/h5-6H,4H2,1-3H3. The van der Waals surface area contributed by atoms with Crippen molar-refractivity contribution in [3.05, 3.63) is 11.1 Å². The summed E-state index contributed by atoms with van der Waals surface area (Å²) in [5.41, 5.74) is 1.04. The van der Waals surface area contributed by atoms with Crippen molar-refractivity contribution in [3.8, 4) is 5.19 Å². The average molecular weight is 171 g/mol. The smallest absolute Gasteiger partial charge is 0.273 e. The highest BCUT2D eigenvalue weighted by molar-refractivity contribution is 7.11. The number of rotatable bonds is 3. The van der Waals surface area contributed by atoms with E-state index in [9.17, 15) is 0 Å². The second kappa shape index (κ2) is 3.72. The minimum atomic E-state index is 0.569. The Balaban J connectivity index is 2.39. The van der Waals surface area contributed by atoms with Crippen LogP contribution in [0.1, 0.15) is 19.5 Å². The lowest BCUT2D eigenvalue weighted by Gasteiger charge is -2.03. The Morgan fingerprint density at radius 2 is 2.36 bits per heavy atom. The Labute approximate surface area is 71.2 Å². The van der Waals surface area contributed by atoms with Gasteiger partial charge < -0.3 is 4.74 Å². The predicted molar refractivity (Wildman–Crippen MR) is 47.2 cm³/mol. The molecule has 0 aliphatic heterocycles. The van der Waals surface area contributed by atoms with Gasteiger partial charge in [0.05, 0.1) is 12.3 Å². The van der Waals surface area contributed by atoms with E-state index in [0.29, 0.717) is 5.92 Å². The number of hydrogen-bond acceptors (Lipinski definition) is 3. The zero-order valence-electron chi connectivity index (χ0n) is 7.13. The molecule has 0 amide bonds. The molecule has 1 rings (SSSR count). The molecule has 0 saturated carbocycles. The van der Waals surface area contributed by atoms with Crippen LogP contribution in [-0.4, -0.2) is 11.6 Å². The maximum atomic E-state index is 5.40. The van der Waals surface area contributed by atoms with E-state index in [0.717, 1.165) is 17.5 Å². The van der Waals surface area contributed by atoms with Crippen molar-refractivity contribution in [3.63, 3.8) is 0 Å². The minimum absolute atomic E-state index is 0.569. The van der Waals surface area contributed by atoms with E-state index < -0.39 is 0 Å². The fraction of sp³-hybridized carbons (Fsp3) is 0.625. The second-order valence-electron chi connectivity index (χ2n) is 2.96.